The van der Waals surface area contributed by atoms with Gasteiger partial charge in [-0.15, -0.1) is 10.2 Å². The molecule has 4 rings (SSSR count). The molecule has 1 N–H and O–H groups in total. The Kier molecular flexibility index (Phi) is 3.81. The second-order valence-corrected chi connectivity index (χ2v) is 5.45. The highest BCUT2D eigenvalue weighted by molar-refractivity contribution is 6.04. The van der Waals surface area contributed by atoms with E-state index in [4.69, 9.17) is 13.9 Å². The lowest BCUT2D eigenvalue weighted by Crippen LogP contribution is -2.11. The van der Waals surface area contributed by atoms with E-state index < -0.39 is 0 Å². The number of carbonyl (C=O) groups is 1. The molecule has 0 aliphatic carbocycles. The highest BCUT2D eigenvalue weighted by atomic mass is 16.7. The number of hydrogen-bond acceptors (Lipinski definition) is 6. The van der Waals surface area contributed by atoms with Crippen LogP contribution in [0.25, 0.3) is 11.5 Å². The molecule has 2 heterocycles. The van der Waals surface area contributed by atoms with Gasteiger partial charge in [0.25, 0.3) is 5.91 Å². The smallest absolute Gasteiger partial charge is 0.255 e. The van der Waals surface area contributed by atoms with E-state index in [0.29, 0.717) is 41.0 Å². The van der Waals surface area contributed by atoms with Crippen molar-refractivity contribution in [2.24, 2.45) is 0 Å². The van der Waals surface area contributed by atoms with Gasteiger partial charge in [0.1, 0.15) is 0 Å². The van der Waals surface area contributed by atoms with Crippen LogP contribution in [-0.4, -0.2) is 22.9 Å². The summed E-state index contributed by atoms with van der Waals surface area (Å²) in [7, 11) is 0. The fourth-order valence-electron chi connectivity index (χ4n) is 2.45. The van der Waals surface area contributed by atoms with Gasteiger partial charge in [0.05, 0.1) is 0 Å². The summed E-state index contributed by atoms with van der Waals surface area (Å²) in [5.74, 6) is 2.05. The van der Waals surface area contributed by atoms with Gasteiger partial charge in [-0.2, -0.15) is 0 Å². The Labute approximate surface area is 143 Å². The molecular formula is C18H15N3O4. The van der Waals surface area contributed by atoms with Crippen molar-refractivity contribution in [2.45, 2.75) is 13.3 Å². The zero-order valence-corrected chi connectivity index (χ0v) is 13.5. The fraction of sp³-hybridized carbons (Fsp3) is 0.167. The number of amides is 1. The summed E-state index contributed by atoms with van der Waals surface area (Å²) >= 11 is 0. The third-order valence-corrected chi connectivity index (χ3v) is 3.79. The van der Waals surface area contributed by atoms with Gasteiger partial charge in [-0.1, -0.05) is 6.92 Å². The van der Waals surface area contributed by atoms with E-state index in [1.54, 1.807) is 30.3 Å². The summed E-state index contributed by atoms with van der Waals surface area (Å²) in [6.45, 7) is 2.13. The number of ether oxygens (including phenoxy) is 2. The van der Waals surface area contributed by atoms with Crippen LogP contribution < -0.4 is 14.8 Å². The molecule has 0 unspecified atom stereocenters. The van der Waals surface area contributed by atoms with E-state index in [1.807, 2.05) is 19.1 Å². The summed E-state index contributed by atoms with van der Waals surface area (Å²) in [5.41, 5.74) is 1.97. The van der Waals surface area contributed by atoms with Crippen molar-refractivity contribution in [3.63, 3.8) is 0 Å². The van der Waals surface area contributed by atoms with Gasteiger partial charge in [0.15, 0.2) is 11.5 Å². The minimum atomic E-state index is -0.225. The third-order valence-electron chi connectivity index (χ3n) is 3.79. The number of nitrogens with zero attached hydrogens (tertiary/aromatic N) is 2. The van der Waals surface area contributed by atoms with Crippen LogP contribution in [0.5, 0.6) is 11.5 Å². The van der Waals surface area contributed by atoms with Crippen LogP contribution in [0.1, 0.15) is 23.2 Å². The van der Waals surface area contributed by atoms with Crippen LogP contribution in [0.4, 0.5) is 5.69 Å². The molecular weight excluding hydrogens is 322 g/mol. The molecule has 1 aliphatic heterocycles. The lowest BCUT2D eigenvalue weighted by atomic mass is 10.1. The van der Waals surface area contributed by atoms with Gasteiger partial charge < -0.3 is 19.2 Å². The van der Waals surface area contributed by atoms with Crippen LogP contribution in [0.3, 0.4) is 0 Å². The predicted molar refractivity (Wildman–Crippen MR) is 89.6 cm³/mol. The molecule has 0 radical (unpaired) electrons. The average Bonchev–Trinajstić information content (AvgIpc) is 3.30. The van der Waals surface area contributed by atoms with Crippen LogP contribution in [-0.2, 0) is 6.42 Å². The second-order valence-electron chi connectivity index (χ2n) is 5.45. The number of benzene rings is 2. The number of nitrogens with one attached hydrogen (secondary N) is 1. The molecule has 0 bridgehead atoms. The van der Waals surface area contributed by atoms with Crippen molar-refractivity contribution in [1.82, 2.24) is 10.2 Å². The number of aryl methyl sites for hydroxylation is 1. The normalized spacial score (nSPS) is 12.2. The zero-order valence-electron chi connectivity index (χ0n) is 13.5. The largest absolute Gasteiger partial charge is 0.454 e. The van der Waals surface area contributed by atoms with Gasteiger partial charge in [-0.05, 0) is 42.5 Å². The summed E-state index contributed by atoms with van der Waals surface area (Å²) in [4.78, 5) is 12.4. The molecule has 1 aliphatic rings. The standard InChI is InChI=1S/C18H15N3O4/c1-2-16-20-21-18(25-16)11-3-6-13(7-4-11)19-17(22)12-5-8-14-15(9-12)24-10-23-14/h3-9H,2,10H2,1H3,(H,19,22). The van der Waals surface area contributed by atoms with Crippen LogP contribution in [0.2, 0.25) is 0 Å². The molecule has 0 atom stereocenters. The minimum Gasteiger partial charge on any atom is -0.454 e. The zero-order chi connectivity index (χ0) is 17.2. The molecule has 0 spiro atoms. The minimum absolute atomic E-state index is 0.178. The Balaban J connectivity index is 1.48. The molecule has 1 amide bonds. The number of carbonyl (C=O) groups excluding carboxylic acids is 1. The predicted octanol–water partition coefficient (Wildman–Crippen LogP) is 3.28. The van der Waals surface area contributed by atoms with Gasteiger partial charge in [0.2, 0.25) is 18.6 Å². The van der Waals surface area contributed by atoms with E-state index >= 15 is 0 Å². The SMILES string of the molecule is CCc1nnc(-c2ccc(NC(=O)c3ccc4c(c3)OCO4)cc2)o1. The highest BCUT2D eigenvalue weighted by Crippen LogP contribution is 2.32. The van der Waals surface area contributed by atoms with E-state index in [0.717, 1.165) is 5.56 Å². The highest BCUT2D eigenvalue weighted by Gasteiger charge is 2.16. The molecule has 0 saturated carbocycles. The first-order chi connectivity index (χ1) is 12.2. The first-order valence-electron chi connectivity index (χ1n) is 7.87. The van der Waals surface area contributed by atoms with E-state index in [1.165, 1.54) is 0 Å². The second kappa shape index (κ2) is 6.27. The van der Waals surface area contributed by atoms with E-state index in [-0.39, 0.29) is 12.7 Å². The van der Waals surface area contributed by atoms with E-state index in [2.05, 4.69) is 15.5 Å². The average molecular weight is 337 g/mol. The monoisotopic (exact) mass is 337 g/mol. The van der Waals surface area contributed by atoms with Crippen LogP contribution in [0, 0.1) is 0 Å². The first-order valence-corrected chi connectivity index (χ1v) is 7.87. The van der Waals surface area contributed by atoms with Crippen LogP contribution in [0.15, 0.2) is 46.9 Å². The molecule has 1 aromatic heterocycles. The maximum Gasteiger partial charge on any atom is 0.255 e. The summed E-state index contributed by atoms with van der Waals surface area (Å²) in [6, 6.07) is 12.3. The molecule has 25 heavy (non-hydrogen) atoms. The van der Waals surface area contributed by atoms with Crippen molar-refractivity contribution in [3.8, 4) is 23.0 Å². The Morgan fingerprint density at radius 2 is 1.88 bits per heavy atom. The first kappa shape index (κ1) is 15.2. The molecule has 126 valence electrons. The van der Waals surface area contributed by atoms with E-state index in [9.17, 15) is 4.79 Å². The molecule has 0 fully saturated rings. The molecule has 7 heteroatoms. The number of hydrogen-bond donors (Lipinski definition) is 1. The Hall–Kier alpha value is -3.35. The van der Waals surface area contributed by atoms with Crippen molar-refractivity contribution in [3.05, 3.63) is 53.9 Å². The number of rotatable bonds is 4. The van der Waals surface area contributed by atoms with Gasteiger partial charge in [-0.3, -0.25) is 4.79 Å². The fourth-order valence-corrected chi connectivity index (χ4v) is 2.45. The van der Waals surface area contributed by atoms with Crippen LogP contribution >= 0.6 is 0 Å². The van der Waals surface area contributed by atoms with Crippen molar-refractivity contribution in [2.75, 3.05) is 12.1 Å². The van der Waals surface area contributed by atoms with Gasteiger partial charge >= 0.3 is 0 Å². The quantitative estimate of drug-likeness (QED) is 0.786. The number of aromatic nitrogens is 2. The topological polar surface area (TPSA) is 86.5 Å². The molecule has 2 aromatic carbocycles. The van der Waals surface area contributed by atoms with Crippen molar-refractivity contribution >= 4 is 11.6 Å². The summed E-state index contributed by atoms with van der Waals surface area (Å²) in [6.07, 6.45) is 0.691. The maximum absolute atomic E-state index is 12.4. The van der Waals surface area contributed by atoms with Gasteiger partial charge in [0, 0.05) is 23.2 Å². The Bertz CT molecular complexity index is 918. The number of fused-ring (bicyclic) bond motifs is 1. The lowest BCUT2D eigenvalue weighted by molar-refractivity contribution is 0.102. The third kappa shape index (κ3) is 3.03. The molecule has 7 nitrogen and oxygen atoms in total. The molecule has 0 saturated heterocycles. The van der Waals surface area contributed by atoms with Crippen molar-refractivity contribution < 1.29 is 18.7 Å². The Morgan fingerprint density at radius 3 is 2.64 bits per heavy atom. The number of anilines is 1. The summed E-state index contributed by atoms with van der Waals surface area (Å²) < 4.78 is 16.0. The Morgan fingerprint density at radius 1 is 1.08 bits per heavy atom. The van der Waals surface area contributed by atoms with Gasteiger partial charge in [-0.25, -0.2) is 0 Å². The van der Waals surface area contributed by atoms with Crippen molar-refractivity contribution in [1.29, 1.82) is 0 Å². The lowest BCUT2D eigenvalue weighted by Gasteiger charge is -2.06. The maximum atomic E-state index is 12.4. The summed E-state index contributed by atoms with van der Waals surface area (Å²) in [5, 5.41) is 10.8. The molecule has 3 aromatic rings.